The highest BCUT2D eigenvalue weighted by atomic mass is 16.5. The van der Waals surface area contributed by atoms with Gasteiger partial charge in [-0.1, -0.05) is 0 Å². The maximum absolute atomic E-state index is 10.4. The first kappa shape index (κ1) is 9.77. The van der Waals surface area contributed by atoms with Gasteiger partial charge in [-0.3, -0.25) is 9.48 Å². The third kappa shape index (κ3) is 4.30. The van der Waals surface area contributed by atoms with Gasteiger partial charge >= 0.3 is 5.97 Å². The lowest BCUT2D eigenvalue weighted by molar-refractivity contribution is -0.141. The highest BCUT2D eigenvalue weighted by Gasteiger charge is 1.93. The van der Waals surface area contributed by atoms with Crippen LogP contribution in [0, 0.1) is 0 Å². The number of hydrogen-bond donors (Lipinski definition) is 0. The molecular weight excluding hydrogens is 168 g/mol. The Morgan fingerprint density at radius 3 is 3.00 bits per heavy atom. The molecule has 0 aliphatic carbocycles. The van der Waals surface area contributed by atoms with Crippen molar-refractivity contribution in [2.75, 3.05) is 6.61 Å². The Balaban J connectivity index is 1.99. The SMILES string of the molecule is CC(=O)OCCCCn1cccn1. The lowest BCUT2D eigenvalue weighted by Gasteiger charge is -2.02. The molecule has 0 unspecified atom stereocenters. The number of ether oxygens (including phenoxy) is 1. The number of carbonyl (C=O) groups is 1. The number of hydrogen-bond acceptors (Lipinski definition) is 3. The Hall–Kier alpha value is -1.32. The number of aromatic nitrogens is 2. The number of unbranched alkanes of at least 4 members (excludes halogenated alkanes) is 1. The maximum atomic E-state index is 10.4. The summed E-state index contributed by atoms with van der Waals surface area (Å²) in [7, 11) is 0. The van der Waals surface area contributed by atoms with Crippen molar-refractivity contribution >= 4 is 5.97 Å². The van der Waals surface area contributed by atoms with Gasteiger partial charge in [-0.2, -0.15) is 5.10 Å². The van der Waals surface area contributed by atoms with E-state index < -0.39 is 0 Å². The van der Waals surface area contributed by atoms with Crippen molar-refractivity contribution in [3.8, 4) is 0 Å². The van der Waals surface area contributed by atoms with Gasteiger partial charge in [0.05, 0.1) is 6.61 Å². The summed E-state index contributed by atoms with van der Waals surface area (Å²) in [5.41, 5.74) is 0. The van der Waals surface area contributed by atoms with Crippen molar-refractivity contribution < 1.29 is 9.53 Å². The predicted molar refractivity (Wildman–Crippen MR) is 48.1 cm³/mol. The van der Waals surface area contributed by atoms with Crippen LogP contribution in [0.3, 0.4) is 0 Å². The quantitative estimate of drug-likeness (QED) is 0.508. The number of nitrogens with zero attached hydrogens (tertiary/aromatic N) is 2. The third-order valence-corrected chi connectivity index (χ3v) is 1.65. The summed E-state index contributed by atoms with van der Waals surface area (Å²) in [6.07, 6.45) is 5.55. The standard InChI is InChI=1S/C9H14N2O2/c1-9(12)13-8-3-2-6-11-7-4-5-10-11/h4-5,7H,2-3,6,8H2,1H3. The summed E-state index contributed by atoms with van der Waals surface area (Å²) in [5, 5.41) is 4.06. The number of carbonyl (C=O) groups excluding carboxylic acids is 1. The summed E-state index contributed by atoms with van der Waals surface area (Å²) in [4.78, 5) is 10.4. The summed E-state index contributed by atoms with van der Waals surface area (Å²) in [5.74, 6) is -0.209. The molecule has 0 fully saturated rings. The van der Waals surface area contributed by atoms with E-state index in [2.05, 4.69) is 5.10 Å². The summed E-state index contributed by atoms with van der Waals surface area (Å²) >= 11 is 0. The Morgan fingerprint density at radius 1 is 1.54 bits per heavy atom. The normalized spacial score (nSPS) is 9.92. The van der Waals surface area contributed by atoms with E-state index in [0.717, 1.165) is 19.4 Å². The van der Waals surface area contributed by atoms with Crippen molar-refractivity contribution in [2.45, 2.75) is 26.3 Å². The summed E-state index contributed by atoms with van der Waals surface area (Å²) in [6, 6.07) is 1.89. The molecule has 0 aliphatic heterocycles. The minimum atomic E-state index is -0.209. The monoisotopic (exact) mass is 182 g/mol. The molecule has 0 aliphatic rings. The minimum Gasteiger partial charge on any atom is -0.466 e. The van der Waals surface area contributed by atoms with Crippen LogP contribution < -0.4 is 0 Å². The summed E-state index contributed by atoms with van der Waals surface area (Å²) in [6.45, 7) is 2.82. The molecule has 0 radical (unpaired) electrons. The fourth-order valence-electron chi connectivity index (χ4n) is 1.02. The zero-order chi connectivity index (χ0) is 9.52. The number of rotatable bonds is 5. The molecular formula is C9H14N2O2. The van der Waals surface area contributed by atoms with Gasteiger partial charge in [0.1, 0.15) is 0 Å². The fraction of sp³-hybridized carbons (Fsp3) is 0.556. The second-order valence-corrected chi connectivity index (χ2v) is 2.82. The van der Waals surface area contributed by atoms with E-state index in [0.29, 0.717) is 6.61 Å². The predicted octanol–water partition coefficient (Wildman–Crippen LogP) is 1.23. The van der Waals surface area contributed by atoms with Crippen LogP contribution in [0.15, 0.2) is 18.5 Å². The molecule has 1 aromatic rings. The van der Waals surface area contributed by atoms with Gasteiger partial charge in [0.25, 0.3) is 0 Å². The van der Waals surface area contributed by atoms with Gasteiger partial charge in [0.2, 0.25) is 0 Å². The highest BCUT2D eigenvalue weighted by molar-refractivity contribution is 5.65. The van der Waals surface area contributed by atoms with Crippen molar-refractivity contribution in [3.05, 3.63) is 18.5 Å². The smallest absolute Gasteiger partial charge is 0.302 e. The Labute approximate surface area is 77.5 Å². The number of aryl methyl sites for hydroxylation is 1. The van der Waals surface area contributed by atoms with Gasteiger partial charge in [-0.05, 0) is 18.9 Å². The second kappa shape index (κ2) is 5.35. The van der Waals surface area contributed by atoms with Gasteiger partial charge in [0.15, 0.2) is 0 Å². The van der Waals surface area contributed by atoms with Gasteiger partial charge < -0.3 is 4.74 Å². The van der Waals surface area contributed by atoms with Gasteiger partial charge in [0, 0.05) is 25.9 Å². The maximum Gasteiger partial charge on any atom is 0.302 e. The highest BCUT2D eigenvalue weighted by Crippen LogP contribution is 1.94. The van der Waals surface area contributed by atoms with E-state index in [9.17, 15) is 4.79 Å². The first-order chi connectivity index (χ1) is 6.29. The lowest BCUT2D eigenvalue weighted by Crippen LogP contribution is -2.03. The second-order valence-electron chi connectivity index (χ2n) is 2.82. The van der Waals surface area contributed by atoms with E-state index in [1.165, 1.54) is 6.92 Å². The van der Waals surface area contributed by atoms with Gasteiger partial charge in [-0.25, -0.2) is 0 Å². The zero-order valence-corrected chi connectivity index (χ0v) is 7.77. The molecule has 0 saturated heterocycles. The van der Waals surface area contributed by atoms with Crippen LogP contribution >= 0.6 is 0 Å². The van der Waals surface area contributed by atoms with Crippen LogP contribution in [0.1, 0.15) is 19.8 Å². The van der Waals surface area contributed by atoms with E-state index in [4.69, 9.17) is 4.74 Å². The Kier molecular flexibility index (Phi) is 4.02. The molecule has 4 nitrogen and oxygen atoms in total. The molecule has 0 saturated carbocycles. The third-order valence-electron chi connectivity index (χ3n) is 1.65. The van der Waals surface area contributed by atoms with Crippen molar-refractivity contribution in [1.29, 1.82) is 0 Å². The molecule has 1 rings (SSSR count). The van der Waals surface area contributed by atoms with E-state index in [-0.39, 0.29) is 5.97 Å². The summed E-state index contributed by atoms with van der Waals surface area (Å²) < 4.78 is 6.66. The first-order valence-electron chi connectivity index (χ1n) is 4.40. The molecule has 0 atom stereocenters. The minimum absolute atomic E-state index is 0.209. The van der Waals surface area contributed by atoms with Crippen LogP contribution in [0.5, 0.6) is 0 Å². The largest absolute Gasteiger partial charge is 0.466 e. The Bertz CT molecular complexity index is 244. The van der Waals surface area contributed by atoms with Crippen LogP contribution in [0.4, 0.5) is 0 Å². The Morgan fingerprint density at radius 2 is 2.38 bits per heavy atom. The number of esters is 1. The molecule has 0 bridgehead atoms. The zero-order valence-electron chi connectivity index (χ0n) is 7.77. The molecule has 1 aromatic heterocycles. The van der Waals surface area contributed by atoms with Gasteiger partial charge in [-0.15, -0.1) is 0 Å². The van der Waals surface area contributed by atoms with Crippen molar-refractivity contribution in [2.24, 2.45) is 0 Å². The fourth-order valence-corrected chi connectivity index (χ4v) is 1.02. The topological polar surface area (TPSA) is 44.1 Å². The molecule has 4 heteroatoms. The van der Waals surface area contributed by atoms with E-state index in [1.54, 1.807) is 6.20 Å². The molecule has 13 heavy (non-hydrogen) atoms. The molecule has 1 heterocycles. The molecule has 0 amide bonds. The first-order valence-corrected chi connectivity index (χ1v) is 4.40. The van der Waals surface area contributed by atoms with Crippen molar-refractivity contribution in [3.63, 3.8) is 0 Å². The molecule has 0 spiro atoms. The molecule has 72 valence electrons. The molecule has 0 N–H and O–H groups in total. The van der Waals surface area contributed by atoms with Crippen LogP contribution in [0.2, 0.25) is 0 Å². The van der Waals surface area contributed by atoms with Crippen LogP contribution in [-0.4, -0.2) is 22.4 Å². The lowest BCUT2D eigenvalue weighted by atomic mass is 10.3. The van der Waals surface area contributed by atoms with E-state index in [1.807, 2.05) is 16.9 Å². The van der Waals surface area contributed by atoms with Crippen LogP contribution in [-0.2, 0) is 16.1 Å². The molecule has 0 aromatic carbocycles. The average molecular weight is 182 g/mol. The average Bonchev–Trinajstić information content (AvgIpc) is 2.55. The van der Waals surface area contributed by atoms with Crippen molar-refractivity contribution in [1.82, 2.24) is 9.78 Å². The van der Waals surface area contributed by atoms with E-state index >= 15 is 0 Å². The van der Waals surface area contributed by atoms with Crippen LogP contribution in [0.25, 0.3) is 0 Å².